The van der Waals surface area contributed by atoms with Crippen molar-refractivity contribution in [3.05, 3.63) is 23.9 Å². The number of hydrogen-bond acceptors (Lipinski definition) is 4. The lowest BCUT2D eigenvalue weighted by atomic mass is 10.2. The van der Waals surface area contributed by atoms with Crippen LogP contribution in [0, 0.1) is 0 Å². The van der Waals surface area contributed by atoms with Crippen LogP contribution in [0.3, 0.4) is 0 Å². The van der Waals surface area contributed by atoms with Gasteiger partial charge in [0.2, 0.25) is 0 Å². The van der Waals surface area contributed by atoms with Crippen LogP contribution < -0.4 is 10.6 Å². The fourth-order valence-corrected chi connectivity index (χ4v) is 1.22. The van der Waals surface area contributed by atoms with Crippen LogP contribution in [0.5, 0.6) is 0 Å². The van der Waals surface area contributed by atoms with Crippen molar-refractivity contribution in [3.8, 4) is 0 Å². The molecule has 5 nitrogen and oxygen atoms in total. The van der Waals surface area contributed by atoms with Crippen molar-refractivity contribution < 1.29 is 9.53 Å². The Bertz CT molecular complexity index is 368. The number of amides is 1. The summed E-state index contributed by atoms with van der Waals surface area (Å²) >= 11 is 0. The van der Waals surface area contributed by atoms with Crippen molar-refractivity contribution in [1.29, 1.82) is 0 Å². The van der Waals surface area contributed by atoms with Crippen LogP contribution >= 0.6 is 0 Å². The Morgan fingerprint density at radius 2 is 2.12 bits per heavy atom. The molecule has 0 aliphatic rings. The van der Waals surface area contributed by atoms with Crippen LogP contribution in [0.15, 0.2) is 18.3 Å². The minimum Gasteiger partial charge on any atom is -0.444 e. The quantitative estimate of drug-likeness (QED) is 0.845. The van der Waals surface area contributed by atoms with Gasteiger partial charge in [0.15, 0.2) is 0 Å². The molecule has 1 heterocycles. The Morgan fingerprint density at radius 1 is 1.41 bits per heavy atom. The molecule has 1 aromatic rings. The van der Waals surface area contributed by atoms with E-state index in [1.807, 2.05) is 33.9 Å². The van der Waals surface area contributed by atoms with Gasteiger partial charge in [-0.05, 0) is 39.4 Å². The minimum absolute atomic E-state index is 0.485. The molecular formula is C12H19N3O2. The first-order chi connectivity index (χ1) is 7.90. The molecule has 0 saturated carbocycles. The predicted molar refractivity (Wildman–Crippen MR) is 66.9 cm³/mol. The SMILES string of the molecule is CNCc1ccc(NC(=O)OC(C)(C)C)nc1. The molecule has 0 radical (unpaired) electrons. The van der Waals surface area contributed by atoms with Gasteiger partial charge in [-0.1, -0.05) is 6.07 Å². The average molecular weight is 237 g/mol. The molecule has 1 rings (SSSR count). The number of nitrogens with zero attached hydrogens (tertiary/aromatic N) is 1. The number of ether oxygens (including phenoxy) is 1. The van der Waals surface area contributed by atoms with E-state index >= 15 is 0 Å². The van der Waals surface area contributed by atoms with Crippen LogP contribution in [0.2, 0.25) is 0 Å². The number of carbonyl (C=O) groups excluding carboxylic acids is 1. The van der Waals surface area contributed by atoms with Crippen LogP contribution in [0.25, 0.3) is 0 Å². The predicted octanol–water partition coefficient (Wildman–Crippen LogP) is 2.15. The van der Waals surface area contributed by atoms with Gasteiger partial charge >= 0.3 is 6.09 Å². The summed E-state index contributed by atoms with van der Waals surface area (Å²) in [6.45, 7) is 6.20. The zero-order valence-corrected chi connectivity index (χ0v) is 10.7. The highest BCUT2D eigenvalue weighted by atomic mass is 16.6. The van der Waals surface area contributed by atoms with E-state index in [4.69, 9.17) is 4.74 Å². The monoisotopic (exact) mass is 237 g/mol. The standard InChI is InChI=1S/C12H19N3O2/c1-12(2,3)17-11(16)15-10-6-5-9(7-13-4)8-14-10/h5-6,8,13H,7H2,1-4H3,(H,14,15,16). The van der Waals surface area contributed by atoms with Crippen molar-refractivity contribution in [2.24, 2.45) is 0 Å². The molecular weight excluding hydrogens is 218 g/mol. The maximum Gasteiger partial charge on any atom is 0.413 e. The van der Waals surface area contributed by atoms with E-state index in [1.54, 1.807) is 12.3 Å². The molecule has 0 unspecified atom stereocenters. The highest BCUT2D eigenvalue weighted by Gasteiger charge is 2.16. The molecule has 17 heavy (non-hydrogen) atoms. The van der Waals surface area contributed by atoms with Crippen molar-refractivity contribution >= 4 is 11.9 Å². The summed E-state index contributed by atoms with van der Waals surface area (Å²) in [5.74, 6) is 0.485. The molecule has 0 aromatic carbocycles. The topological polar surface area (TPSA) is 63.2 Å². The molecule has 0 bridgehead atoms. The molecule has 0 spiro atoms. The Balaban J connectivity index is 2.54. The van der Waals surface area contributed by atoms with Crippen molar-refractivity contribution in [2.45, 2.75) is 32.9 Å². The van der Waals surface area contributed by atoms with E-state index in [-0.39, 0.29) is 0 Å². The molecule has 1 amide bonds. The summed E-state index contributed by atoms with van der Waals surface area (Å²) in [7, 11) is 1.87. The Morgan fingerprint density at radius 3 is 2.59 bits per heavy atom. The highest BCUT2D eigenvalue weighted by molar-refractivity contribution is 5.83. The highest BCUT2D eigenvalue weighted by Crippen LogP contribution is 2.10. The molecule has 0 aliphatic carbocycles. The van der Waals surface area contributed by atoms with E-state index in [9.17, 15) is 4.79 Å². The first kappa shape index (κ1) is 13.4. The molecule has 0 atom stereocenters. The summed E-state index contributed by atoms with van der Waals surface area (Å²) in [5, 5.41) is 5.60. The molecule has 0 aliphatic heterocycles. The lowest BCUT2D eigenvalue weighted by molar-refractivity contribution is 0.0635. The molecule has 1 aromatic heterocycles. The first-order valence-corrected chi connectivity index (χ1v) is 5.50. The zero-order valence-electron chi connectivity index (χ0n) is 10.7. The molecule has 0 saturated heterocycles. The van der Waals surface area contributed by atoms with Gasteiger partial charge < -0.3 is 10.1 Å². The number of rotatable bonds is 3. The van der Waals surface area contributed by atoms with Gasteiger partial charge in [-0.2, -0.15) is 0 Å². The van der Waals surface area contributed by atoms with Gasteiger partial charge in [-0.3, -0.25) is 5.32 Å². The van der Waals surface area contributed by atoms with E-state index in [0.29, 0.717) is 5.82 Å². The van der Waals surface area contributed by atoms with E-state index in [0.717, 1.165) is 12.1 Å². The third-order valence-corrected chi connectivity index (χ3v) is 1.83. The maximum atomic E-state index is 11.5. The number of pyridine rings is 1. The maximum absolute atomic E-state index is 11.5. The van der Waals surface area contributed by atoms with E-state index in [2.05, 4.69) is 15.6 Å². The second kappa shape index (κ2) is 5.63. The summed E-state index contributed by atoms with van der Waals surface area (Å²) < 4.78 is 5.12. The lowest BCUT2D eigenvalue weighted by Gasteiger charge is -2.19. The van der Waals surface area contributed by atoms with Crippen molar-refractivity contribution in [3.63, 3.8) is 0 Å². The van der Waals surface area contributed by atoms with Crippen LogP contribution in [-0.2, 0) is 11.3 Å². The number of carbonyl (C=O) groups is 1. The largest absolute Gasteiger partial charge is 0.444 e. The first-order valence-electron chi connectivity index (χ1n) is 5.50. The normalized spacial score (nSPS) is 11.1. The second-order valence-electron chi connectivity index (χ2n) is 4.71. The van der Waals surface area contributed by atoms with Gasteiger partial charge in [-0.25, -0.2) is 9.78 Å². The van der Waals surface area contributed by atoms with Gasteiger partial charge in [-0.15, -0.1) is 0 Å². The summed E-state index contributed by atoms with van der Waals surface area (Å²) in [6.07, 6.45) is 1.22. The van der Waals surface area contributed by atoms with Crippen molar-refractivity contribution in [2.75, 3.05) is 12.4 Å². The number of anilines is 1. The second-order valence-corrected chi connectivity index (χ2v) is 4.71. The van der Waals surface area contributed by atoms with Gasteiger partial charge in [0, 0.05) is 12.7 Å². The Hall–Kier alpha value is -1.62. The van der Waals surface area contributed by atoms with Crippen LogP contribution in [0.4, 0.5) is 10.6 Å². The number of aromatic nitrogens is 1. The molecule has 5 heteroatoms. The fourth-order valence-electron chi connectivity index (χ4n) is 1.22. The third kappa shape index (κ3) is 5.31. The van der Waals surface area contributed by atoms with E-state index in [1.165, 1.54) is 0 Å². The Labute approximate surface area is 102 Å². The number of nitrogens with one attached hydrogen (secondary N) is 2. The Kier molecular flexibility index (Phi) is 4.45. The van der Waals surface area contributed by atoms with Gasteiger partial charge in [0.25, 0.3) is 0 Å². The van der Waals surface area contributed by atoms with Gasteiger partial charge in [0.1, 0.15) is 11.4 Å². The van der Waals surface area contributed by atoms with E-state index < -0.39 is 11.7 Å². The average Bonchev–Trinajstić information content (AvgIpc) is 2.18. The third-order valence-electron chi connectivity index (χ3n) is 1.83. The summed E-state index contributed by atoms with van der Waals surface area (Å²) in [4.78, 5) is 15.6. The minimum atomic E-state index is -0.504. The summed E-state index contributed by atoms with van der Waals surface area (Å²) in [5.41, 5.74) is 0.554. The van der Waals surface area contributed by atoms with Gasteiger partial charge in [0.05, 0.1) is 0 Å². The van der Waals surface area contributed by atoms with Crippen LogP contribution in [0.1, 0.15) is 26.3 Å². The smallest absolute Gasteiger partial charge is 0.413 e. The molecule has 2 N–H and O–H groups in total. The zero-order chi connectivity index (χ0) is 12.9. The summed E-state index contributed by atoms with van der Waals surface area (Å²) in [6, 6.07) is 3.65. The lowest BCUT2D eigenvalue weighted by Crippen LogP contribution is -2.27. The molecule has 0 fully saturated rings. The van der Waals surface area contributed by atoms with Crippen LogP contribution in [-0.4, -0.2) is 23.7 Å². The van der Waals surface area contributed by atoms with Crippen molar-refractivity contribution in [1.82, 2.24) is 10.3 Å². The fraction of sp³-hybridized carbons (Fsp3) is 0.500. The number of hydrogen-bond donors (Lipinski definition) is 2. The molecule has 94 valence electrons.